The van der Waals surface area contributed by atoms with Gasteiger partial charge in [0.25, 0.3) is 0 Å². The van der Waals surface area contributed by atoms with E-state index in [4.69, 9.17) is 11.6 Å². The van der Waals surface area contributed by atoms with Crippen LogP contribution in [0.5, 0.6) is 0 Å². The Morgan fingerprint density at radius 1 is 1.50 bits per heavy atom. The maximum absolute atomic E-state index is 13.1. The summed E-state index contributed by atoms with van der Waals surface area (Å²) in [5.74, 6) is -0.416. The van der Waals surface area contributed by atoms with Crippen molar-refractivity contribution in [1.29, 1.82) is 0 Å². The topological polar surface area (TPSA) is 33.1 Å². The zero-order chi connectivity index (χ0) is 11.7. The Kier molecular flexibility index (Phi) is 3.23. The van der Waals surface area contributed by atoms with Gasteiger partial charge in [0.2, 0.25) is 0 Å². The second-order valence-electron chi connectivity index (χ2n) is 3.37. The third-order valence-electron chi connectivity index (χ3n) is 2.28. The number of nitrogens with zero attached hydrogens (tertiary/aromatic N) is 1. The highest BCUT2D eigenvalue weighted by Gasteiger charge is 2.18. The van der Waals surface area contributed by atoms with Gasteiger partial charge in [0.1, 0.15) is 11.9 Å². The summed E-state index contributed by atoms with van der Waals surface area (Å²) in [5.41, 5.74) is 2.74. The molecule has 1 atom stereocenters. The molecule has 1 aromatic carbocycles. The Morgan fingerprint density at radius 2 is 2.25 bits per heavy atom. The van der Waals surface area contributed by atoms with E-state index in [9.17, 15) is 9.50 Å². The minimum Gasteiger partial charge on any atom is -0.383 e. The van der Waals surface area contributed by atoms with Gasteiger partial charge < -0.3 is 5.11 Å². The van der Waals surface area contributed by atoms with E-state index in [1.54, 1.807) is 12.4 Å². The fourth-order valence-corrected chi connectivity index (χ4v) is 2.46. The van der Waals surface area contributed by atoms with Gasteiger partial charge in [0.05, 0.1) is 16.1 Å². The van der Waals surface area contributed by atoms with E-state index in [0.717, 1.165) is 5.69 Å². The number of aryl methyl sites for hydroxylation is 1. The summed E-state index contributed by atoms with van der Waals surface area (Å²) in [6.45, 7) is 1.79. The van der Waals surface area contributed by atoms with Crippen LogP contribution >= 0.6 is 22.9 Å². The average molecular weight is 258 g/mol. The van der Waals surface area contributed by atoms with Gasteiger partial charge >= 0.3 is 0 Å². The number of halogens is 2. The van der Waals surface area contributed by atoms with E-state index in [1.165, 1.54) is 29.5 Å². The first kappa shape index (κ1) is 11.5. The molecular weight excluding hydrogens is 249 g/mol. The van der Waals surface area contributed by atoms with Gasteiger partial charge in [-0.2, -0.15) is 0 Å². The predicted molar refractivity (Wildman–Crippen MR) is 62.3 cm³/mol. The maximum atomic E-state index is 13.1. The summed E-state index contributed by atoms with van der Waals surface area (Å²) in [7, 11) is 0. The summed E-state index contributed by atoms with van der Waals surface area (Å²) in [4.78, 5) is 4.72. The molecule has 0 saturated carbocycles. The van der Waals surface area contributed by atoms with Crippen LogP contribution in [-0.2, 0) is 0 Å². The average Bonchev–Trinajstić information content (AvgIpc) is 2.67. The Balaban J connectivity index is 2.45. The molecule has 0 amide bonds. The van der Waals surface area contributed by atoms with Crippen LogP contribution in [0.3, 0.4) is 0 Å². The van der Waals surface area contributed by atoms with Crippen LogP contribution in [-0.4, -0.2) is 10.1 Å². The first-order valence-electron chi connectivity index (χ1n) is 4.62. The standard InChI is InChI=1S/C11H9ClFNOS/c1-6-11(16-5-14-6)10(15)8-4-7(13)2-3-9(8)12/h2-5,10,15H,1H3. The second kappa shape index (κ2) is 4.49. The molecule has 16 heavy (non-hydrogen) atoms. The lowest BCUT2D eigenvalue weighted by Crippen LogP contribution is -2.00. The lowest BCUT2D eigenvalue weighted by Gasteiger charge is -2.11. The minimum absolute atomic E-state index is 0.349. The van der Waals surface area contributed by atoms with Crippen molar-refractivity contribution in [3.05, 3.63) is 50.7 Å². The molecule has 0 radical (unpaired) electrons. The Morgan fingerprint density at radius 3 is 2.88 bits per heavy atom. The number of benzene rings is 1. The van der Waals surface area contributed by atoms with Crippen molar-refractivity contribution in [1.82, 2.24) is 4.98 Å². The fraction of sp³-hybridized carbons (Fsp3) is 0.182. The molecule has 2 rings (SSSR count). The van der Waals surface area contributed by atoms with E-state index in [-0.39, 0.29) is 0 Å². The Hall–Kier alpha value is -0.970. The van der Waals surface area contributed by atoms with E-state index >= 15 is 0 Å². The molecule has 1 aromatic heterocycles. The third-order valence-corrected chi connectivity index (χ3v) is 3.61. The van der Waals surface area contributed by atoms with Crippen molar-refractivity contribution >= 4 is 22.9 Å². The molecule has 0 bridgehead atoms. The summed E-state index contributed by atoms with van der Waals surface area (Å²) in [6.07, 6.45) is -0.921. The van der Waals surface area contributed by atoms with E-state index in [1.807, 2.05) is 0 Å². The second-order valence-corrected chi connectivity index (χ2v) is 4.66. The smallest absolute Gasteiger partial charge is 0.123 e. The van der Waals surface area contributed by atoms with Crippen molar-refractivity contribution in [3.63, 3.8) is 0 Å². The van der Waals surface area contributed by atoms with Crippen LogP contribution in [0.4, 0.5) is 4.39 Å². The zero-order valence-electron chi connectivity index (χ0n) is 8.45. The Labute approximate surface area is 101 Å². The van der Waals surface area contributed by atoms with Crippen molar-refractivity contribution in [3.8, 4) is 0 Å². The van der Waals surface area contributed by atoms with Crippen LogP contribution in [0.1, 0.15) is 22.2 Å². The number of hydrogen-bond acceptors (Lipinski definition) is 3. The highest BCUT2D eigenvalue weighted by atomic mass is 35.5. The molecule has 0 aliphatic rings. The van der Waals surface area contributed by atoms with Gasteiger partial charge in [-0.25, -0.2) is 9.37 Å². The van der Waals surface area contributed by atoms with Gasteiger partial charge in [0, 0.05) is 10.6 Å². The van der Waals surface area contributed by atoms with Gasteiger partial charge in [-0.15, -0.1) is 11.3 Å². The summed E-state index contributed by atoms with van der Waals surface area (Å²) in [5, 5.41) is 10.4. The Bertz CT molecular complexity index is 514. The summed E-state index contributed by atoms with van der Waals surface area (Å²) < 4.78 is 13.1. The third kappa shape index (κ3) is 2.09. The number of hydrogen-bond donors (Lipinski definition) is 1. The highest BCUT2D eigenvalue weighted by Crippen LogP contribution is 2.32. The van der Waals surface area contributed by atoms with Crippen LogP contribution in [0.25, 0.3) is 0 Å². The largest absolute Gasteiger partial charge is 0.383 e. The zero-order valence-corrected chi connectivity index (χ0v) is 10.0. The number of aromatic nitrogens is 1. The van der Waals surface area contributed by atoms with Gasteiger partial charge in [-0.1, -0.05) is 11.6 Å². The molecule has 0 fully saturated rings. The monoisotopic (exact) mass is 257 g/mol. The number of rotatable bonds is 2. The quantitative estimate of drug-likeness (QED) is 0.895. The molecule has 0 aliphatic carbocycles. The van der Waals surface area contributed by atoms with Gasteiger partial charge in [-0.3, -0.25) is 0 Å². The molecule has 2 nitrogen and oxygen atoms in total. The maximum Gasteiger partial charge on any atom is 0.123 e. The fourth-order valence-electron chi connectivity index (χ4n) is 1.44. The molecule has 5 heteroatoms. The predicted octanol–water partition coefficient (Wildman–Crippen LogP) is 3.33. The van der Waals surface area contributed by atoms with Crippen LogP contribution in [0.15, 0.2) is 23.7 Å². The van der Waals surface area contributed by atoms with E-state index in [0.29, 0.717) is 15.5 Å². The molecule has 1 N–H and O–H groups in total. The van der Waals surface area contributed by atoms with Crippen molar-refractivity contribution < 1.29 is 9.50 Å². The lowest BCUT2D eigenvalue weighted by molar-refractivity contribution is 0.222. The van der Waals surface area contributed by atoms with E-state index in [2.05, 4.69) is 4.98 Å². The molecule has 1 heterocycles. The van der Waals surface area contributed by atoms with Crippen LogP contribution < -0.4 is 0 Å². The van der Waals surface area contributed by atoms with Crippen molar-refractivity contribution in [2.24, 2.45) is 0 Å². The van der Waals surface area contributed by atoms with Gasteiger partial charge in [0.15, 0.2) is 0 Å². The normalized spacial score (nSPS) is 12.8. The summed E-state index contributed by atoms with van der Waals surface area (Å²) >= 11 is 7.24. The molecule has 0 spiro atoms. The SMILES string of the molecule is Cc1ncsc1C(O)c1cc(F)ccc1Cl. The van der Waals surface area contributed by atoms with Gasteiger partial charge in [-0.05, 0) is 25.1 Å². The molecule has 2 aromatic rings. The van der Waals surface area contributed by atoms with Crippen molar-refractivity contribution in [2.45, 2.75) is 13.0 Å². The summed E-state index contributed by atoms with van der Waals surface area (Å²) in [6, 6.07) is 3.94. The molecule has 0 aliphatic heterocycles. The molecule has 1 unspecified atom stereocenters. The lowest BCUT2D eigenvalue weighted by atomic mass is 10.1. The highest BCUT2D eigenvalue weighted by molar-refractivity contribution is 7.09. The minimum atomic E-state index is -0.921. The number of thiazole rings is 1. The first-order chi connectivity index (χ1) is 7.59. The molecule has 84 valence electrons. The van der Waals surface area contributed by atoms with Crippen molar-refractivity contribution in [2.75, 3.05) is 0 Å². The number of aliphatic hydroxyl groups is 1. The first-order valence-corrected chi connectivity index (χ1v) is 5.88. The van der Waals surface area contributed by atoms with Crippen LogP contribution in [0, 0.1) is 12.7 Å². The molecular formula is C11H9ClFNOS. The molecule has 0 saturated heterocycles. The van der Waals surface area contributed by atoms with Crippen LogP contribution in [0.2, 0.25) is 5.02 Å². The van der Waals surface area contributed by atoms with E-state index < -0.39 is 11.9 Å². The number of aliphatic hydroxyl groups excluding tert-OH is 1.